The Hall–Kier alpha value is -2.99. The van der Waals surface area contributed by atoms with Gasteiger partial charge in [-0.3, -0.25) is 0 Å². The van der Waals surface area contributed by atoms with Gasteiger partial charge in [0.15, 0.2) is 0 Å². The summed E-state index contributed by atoms with van der Waals surface area (Å²) in [5, 5.41) is 9.26. The molecule has 0 amide bonds. The molecule has 0 unspecified atom stereocenters. The first-order chi connectivity index (χ1) is 14.5. The first-order valence-corrected chi connectivity index (χ1v) is 10.4. The lowest BCUT2D eigenvalue weighted by atomic mass is 9.98. The molecule has 152 valence electrons. The van der Waals surface area contributed by atoms with Crippen molar-refractivity contribution in [2.75, 3.05) is 0 Å². The minimum Gasteiger partial charge on any atom is -0.488 e. The predicted molar refractivity (Wildman–Crippen MR) is 117 cm³/mol. The van der Waals surface area contributed by atoms with Gasteiger partial charge in [-0.2, -0.15) is 0 Å². The quantitative estimate of drug-likeness (QED) is 0.458. The van der Waals surface area contributed by atoms with Gasteiger partial charge < -0.3 is 9.84 Å². The van der Waals surface area contributed by atoms with Crippen LogP contribution in [-0.2, 0) is 6.61 Å². The second-order valence-electron chi connectivity index (χ2n) is 7.08. The van der Waals surface area contributed by atoms with Crippen LogP contribution in [0.4, 0.5) is 4.39 Å². The lowest BCUT2D eigenvalue weighted by Gasteiger charge is -2.15. The summed E-state index contributed by atoms with van der Waals surface area (Å²) in [4.78, 5) is 15.6. The first-order valence-electron chi connectivity index (χ1n) is 9.61. The van der Waals surface area contributed by atoms with Crippen LogP contribution in [0.25, 0.3) is 11.1 Å². The molecule has 0 atom stereocenters. The number of carbonyl (C=O) groups is 1. The fourth-order valence-corrected chi connectivity index (χ4v) is 3.92. The number of allylic oxidation sites excluding steroid dienone is 2. The number of hydrogen-bond donors (Lipinski definition) is 1. The van der Waals surface area contributed by atoms with Crippen LogP contribution in [0.5, 0.6) is 5.75 Å². The standard InChI is InChI=1S/C24H19BrFNO3/c25-16-9-7-15(8-10-16)14-30-23-12-11-17(26)13-20(23)18-3-1-4-19(18)21-5-2-6-22(27-21)24(28)29/h2,5-13H,1,3-4,14H2,(H,28,29). The van der Waals surface area contributed by atoms with Crippen molar-refractivity contribution in [2.45, 2.75) is 25.9 Å². The molecule has 1 N–H and O–H groups in total. The number of nitrogens with zero attached hydrogens (tertiary/aromatic N) is 1. The average molecular weight is 468 g/mol. The Balaban J connectivity index is 1.70. The highest BCUT2D eigenvalue weighted by atomic mass is 79.9. The third-order valence-electron chi connectivity index (χ3n) is 5.07. The summed E-state index contributed by atoms with van der Waals surface area (Å²) in [6.07, 6.45) is 2.41. The number of carboxylic acids is 1. The summed E-state index contributed by atoms with van der Waals surface area (Å²) >= 11 is 3.42. The molecule has 1 heterocycles. The number of pyridine rings is 1. The third-order valence-corrected chi connectivity index (χ3v) is 5.60. The molecule has 4 rings (SSSR count). The van der Waals surface area contributed by atoms with Gasteiger partial charge in [0.2, 0.25) is 0 Å². The molecule has 0 radical (unpaired) electrons. The molecule has 30 heavy (non-hydrogen) atoms. The summed E-state index contributed by atoms with van der Waals surface area (Å²) in [6.45, 7) is 0.362. The summed E-state index contributed by atoms with van der Waals surface area (Å²) in [7, 11) is 0. The Kier molecular flexibility index (Phi) is 5.95. The van der Waals surface area contributed by atoms with Crippen LogP contribution in [0.3, 0.4) is 0 Å². The lowest BCUT2D eigenvalue weighted by molar-refractivity contribution is 0.0690. The Morgan fingerprint density at radius 2 is 1.83 bits per heavy atom. The van der Waals surface area contributed by atoms with Crippen molar-refractivity contribution in [3.05, 3.63) is 93.5 Å². The number of hydrogen-bond acceptors (Lipinski definition) is 3. The van der Waals surface area contributed by atoms with E-state index in [4.69, 9.17) is 4.74 Å². The van der Waals surface area contributed by atoms with Crippen LogP contribution in [0.15, 0.2) is 65.1 Å². The van der Waals surface area contributed by atoms with Crippen molar-refractivity contribution in [1.82, 2.24) is 4.98 Å². The maximum absolute atomic E-state index is 14.1. The van der Waals surface area contributed by atoms with Gasteiger partial charge in [0, 0.05) is 10.0 Å². The molecule has 0 saturated heterocycles. The van der Waals surface area contributed by atoms with Gasteiger partial charge in [-0.05, 0) is 78.4 Å². The zero-order valence-electron chi connectivity index (χ0n) is 16.1. The Morgan fingerprint density at radius 1 is 1.07 bits per heavy atom. The Bertz CT molecular complexity index is 1130. The normalized spacial score (nSPS) is 13.5. The fourth-order valence-electron chi connectivity index (χ4n) is 3.65. The Morgan fingerprint density at radius 3 is 2.60 bits per heavy atom. The molecule has 0 fully saturated rings. The van der Waals surface area contributed by atoms with Crippen molar-refractivity contribution >= 4 is 33.0 Å². The second kappa shape index (κ2) is 8.79. The topological polar surface area (TPSA) is 59.4 Å². The minimum absolute atomic E-state index is 0.00259. The number of aromatic carboxylic acids is 1. The van der Waals surface area contributed by atoms with Crippen molar-refractivity contribution in [1.29, 1.82) is 0 Å². The van der Waals surface area contributed by atoms with E-state index in [2.05, 4.69) is 20.9 Å². The highest BCUT2D eigenvalue weighted by Crippen LogP contribution is 2.42. The van der Waals surface area contributed by atoms with Crippen molar-refractivity contribution in [2.24, 2.45) is 0 Å². The van der Waals surface area contributed by atoms with E-state index >= 15 is 0 Å². The van der Waals surface area contributed by atoms with E-state index in [0.717, 1.165) is 40.4 Å². The molecule has 0 bridgehead atoms. The zero-order valence-corrected chi connectivity index (χ0v) is 17.7. The molecule has 1 aliphatic carbocycles. The van der Waals surface area contributed by atoms with Crippen LogP contribution in [0.1, 0.15) is 46.6 Å². The van der Waals surface area contributed by atoms with Crippen LogP contribution in [0.2, 0.25) is 0 Å². The van der Waals surface area contributed by atoms with E-state index in [0.29, 0.717) is 23.6 Å². The minimum atomic E-state index is -1.07. The molecule has 3 aromatic rings. The first kappa shape index (κ1) is 20.3. The number of halogens is 2. The molecule has 4 nitrogen and oxygen atoms in total. The van der Waals surface area contributed by atoms with Gasteiger partial charge in [-0.15, -0.1) is 0 Å². The molecule has 1 aromatic heterocycles. The summed E-state index contributed by atoms with van der Waals surface area (Å²) in [5.41, 5.74) is 4.21. The highest BCUT2D eigenvalue weighted by Gasteiger charge is 2.22. The zero-order chi connectivity index (χ0) is 21.1. The van der Waals surface area contributed by atoms with Gasteiger partial charge >= 0.3 is 5.97 Å². The number of ether oxygens (including phenoxy) is 1. The largest absolute Gasteiger partial charge is 0.488 e. The van der Waals surface area contributed by atoms with Gasteiger partial charge in [-0.25, -0.2) is 14.2 Å². The second-order valence-corrected chi connectivity index (χ2v) is 8.00. The van der Waals surface area contributed by atoms with E-state index in [1.807, 2.05) is 24.3 Å². The molecule has 0 spiro atoms. The van der Waals surface area contributed by atoms with E-state index in [9.17, 15) is 14.3 Å². The smallest absolute Gasteiger partial charge is 0.354 e. The molecule has 2 aromatic carbocycles. The monoisotopic (exact) mass is 467 g/mol. The van der Waals surface area contributed by atoms with Crippen molar-refractivity contribution in [3.8, 4) is 5.75 Å². The highest BCUT2D eigenvalue weighted by molar-refractivity contribution is 9.10. The number of carboxylic acid groups (broad SMARTS) is 1. The molecular formula is C24H19BrFNO3. The Labute approximate surface area is 182 Å². The van der Waals surface area contributed by atoms with E-state index in [1.165, 1.54) is 18.2 Å². The molecule has 0 aliphatic heterocycles. The third kappa shape index (κ3) is 4.44. The van der Waals surface area contributed by atoms with Crippen molar-refractivity contribution in [3.63, 3.8) is 0 Å². The van der Waals surface area contributed by atoms with E-state index in [1.54, 1.807) is 18.2 Å². The maximum atomic E-state index is 14.1. The summed E-state index contributed by atoms with van der Waals surface area (Å²) in [6, 6.07) is 17.3. The van der Waals surface area contributed by atoms with Crippen LogP contribution in [-0.4, -0.2) is 16.1 Å². The van der Waals surface area contributed by atoms with Gasteiger partial charge in [0.25, 0.3) is 0 Å². The van der Waals surface area contributed by atoms with Gasteiger partial charge in [-0.1, -0.05) is 34.1 Å². The molecule has 0 saturated carbocycles. The average Bonchev–Trinajstić information content (AvgIpc) is 3.24. The van der Waals surface area contributed by atoms with E-state index < -0.39 is 5.97 Å². The SMILES string of the molecule is O=C(O)c1cccc(C2=C(c3cc(F)ccc3OCc3ccc(Br)cc3)CCC2)n1. The lowest BCUT2D eigenvalue weighted by Crippen LogP contribution is -2.03. The van der Waals surface area contributed by atoms with E-state index in [-0.39, 0.29) is 11.5 Å². The number of rotatable bonds is 6. The molecule has 6 heteroatoms. The fraction of sp³-hybridized carbons (Fsp3) is 0.167. The van der Waals surface area contributed by atoms with Gasteiger partial charge in [0.05, 0.1) is 5.69 Å². The summed E-state index contributed by atoms with van der Waals surface area (Å²) < 4.78 is 21.2. The van der Waals surface area contributed by atoms with Crippen LogP contribution in [0, 0.1) is 5.82 Å². The number of aromatic nitrogens is 1. The number of benzene rings is 2. The van der Waals surface area contributed by atoms with Crippen LogP contribution >= 0.6 is 15.9 Å². The van der Waals surface area contributed by atoms with Crippen LogP contribution < -0.4 is 4.74 Å². The summed E-state index contributed by atoms with van der Waals surface area (Å²) in [5.74, 6) is -0.809. The van der Waals surface area contributed by atoms with Gasteiger partial charge in [0.1, 0.15) is 23.9 Å². The molecule has 1 aliphatic rings. The predicted octanol–water partition coefficient (Wildman–Crippen LogP) is 6.36. The molecular weight excluding hydrogens is 449 g/mol. The maximum Gasteiger partial charge on any atom is 0.354 e. The van der Waals surface area contributed by atoms with Crippen molar-refractivity contribution < 1.29 is 19.0 Å².